The van der Waals surface area contributed by atoms with E-state index in [4.69, 9.17) is 10.5 Å². The van der Waals surface area contributed by atoms with Crippen LogP contribution >= 0.6 is 0 Å². The third-order valence-electron chi connectivity index (χ3n) is 7.83. The predicted molar refractivity (Wildman–Crippen MR) is 127 cm³/mol. The van der Waals surface area contributed by atoms with Gasteiger partial charge < -0.3 is 41.3 Å². The highest BCUT2D eigenvalue weighted by Crippen LogP contribution is 2.55. The van der Waals surface area contributed by atoms with Crippen molar-refractivity contribution < 1.29 is 49.4 Å². The molecule has 0 heterocycles. The molecule has 3 aliphatic rings. The Hall–Kier alpha value is -3.48. The van der Waals surface area contributed by atoms with Gasteiger partial charge in [0.25, 0.3) is 0 Å². The van der Waals surface area contributed by atoms with Gasteiger partial charge in [0.2, 0.25) is 11.7 Å². The molecule has 0 saturated heterocycles. The lowest BCUT2D eigenvalue weighted by Gasteiger charge is -2.52. The maximum absolute atomic E-state index is 13.7. The maximum atomic E-state index is 13.7. The molecule has 0 bridgehead atoms. The van der Waals surface area contributed by atoms with E-state index in [0.29, 0.717) is 5.56 Å². The van der Waals surface area contributed by atoms with Gasteiger partial charge in [0.1, 0.15) is 23.5 Å². The summed E-state index contributed by atoms with van der Waals surface area (Å²) in [5, 5.41) is 58.0. The number of phenolic OH excluding ortho intramolecular Hbond substituents is 1. The molecule has 1 amide bonds. The summed E-state index contributed by atoms with van der Waals surface area (Å²) in [5.74, 6) is -10.8. The summed E-state index contributed by atoms with van der Waals surface area (Å²) in [6.45, 7) is 4.93. The second kappa shape index (κ2) is 9.12. The van der Waals surface area contributed by atoms with Crippen molar-refractivity contribution in [1.29, 1.82) is 0 Å². The minimum Gasteiger partial charge on any atom is -0.507 e. The Balaban J connectivity index is 1.84. The number of hydrogen-bond donors (Lipinski definition) is 7. The number of ketones is 2. The normalized spacial score (nSPS) is 33.7. The Bertz CT molecular complexity index is 1230. The number of primary amides is 1. The van der Waals surface area contributed by atoms with Gasteiger partial charge in [-0.05, 0) is 37.8 Å². The zero-order valence-electron chi connectivity index (χ0n) is 20.5. The molecule has 0 spiro atoms. The van der Waals surface area contributed by atoms with Crippen molar-refractivity contribution in [2.75, 3.05) is 11.9 Å². The minimum atomic E-state index is -2.92. The largest absolute Gasteiger partial charge is 0.507 e. The van der Waals surface area contributed by atoms with Crippen LogP contribution in [0, 0.1) is 17.8 Å². The SMILES string of the molecule is CCOC(=O)C(C)Nc1ccc2c(c1O)C(O)=C1C(=O)[C@]3(O)C(=O)C(C(N)=O)C(O)C[C@@H]3[C@@H](O)[C@@H]1[C@H]2C. The Morgan fingerprint density at radius 1 is 1.24 bits per heavy atom. The number of aliphatic hydroxyl groups excluding tert-OH is 3. The second-order valence-electron chi connectivity index (χ2n) is 9.86. The number of nitrogens with one attached hydrogen (secondary N) is 1. The zero-order chi connectivity index (χ0) is 27.6. The number of ether oxygens (including phenoxy) is 1. The van der Waals surface area contributed by atoms with E-state index in [1.165, 1.54) is 13.0 Å². The molecule has 8 N–H and O–H groups in total. The van der Waals surface area contributed by atoms with Crippen LogP contribution < -0.4 is 11.1 Å². The van der Waals surface area contributed by atoms with E-state index in [-0.39, 0.29) is 17.9 Å². The number of hydrogen-bond acceptors (Lipinski definition) is 11. The molecule has 2 fully saturated rings. The van der Waals surface area contributed by atoms with E-state index < -0.39 is 94.5 Å². The highest BCUT2D eigenvalue weighted by atomic mass is 16.5. The Kier molecular flexibility index (Phi) is 6.55. The molecule has 3 unspecified atom stereocenters. The molecule has 12 nitrogen and oxygen atoms in total. The number of rotatable bonds is 5. The van der Waals surface area contributed by atoms with E-state index in [1.807, 2.05) is 0 Å². The molecular weight excluding hydrogens is 488 g/mol. The Labute approximate surface area is 211 Å². The van der Waals surface area contributed by atoms with Crippen LogP contribution in [0.3, 0.4) is 0 Å². The minimum absolute atomic E-state index is 0.0446. The number of aromatic hydroxyl groups is 1. The molecule has 4 rings (SSSR count). The number of phenols is 1. The number of amides is 1. The highest BCUT2D eigenvalue weighted by Gasteiger charge is 2.67. The molecule has 1 aromatic carbocycles. The van der Waals surface area contributed by atoms with Gasteiger partial charge in [-0.1, -0.05) is 13.0 Å². The van der Waals surface area contributed by atoms with Crippen molar-refractivity contribution in [2.45, 2.75) is 57.0 Å². The summed E-state index contributed by atoms with van der Waals surface area (Å²) in [4.78, 5) is 50.6. The van der Waals surface area contributed by atoms with Gasteiger partial charge in [0.05, 0.1) is 30.1 Å². The van der Waals surface area contributed by atoms with Crippen molar-refractivity contribution in [3.05, 3.63) is 28.8 Å². The van der Waals surface area contributed by atoms with Crippen LogP contribution in [-0.2, 0) is 23.9 Å². The van der Waals surface area contributed by atoms with E-state index in [1.54, 1.807) is 19.9 Å². The number of Topliss-reactive ketones (excluding diaryl/α,β-unsaturated/α-hetero) is 2. The van der Waals surface area contributed by atoms with Gasteiger partial charge in [-0.15, -0.1) is 0 Å². The first kappa shape index (κ1) is 26.6. The van der Waals surface area contributed by atoms with E-state index in [2.05, 4.69) is 5.32 Å². The van der Waals surface area contributed by atoms with Gasteiger partial charge in [0, 0.05) is 17.4 Å². The number of nitrogens with two attached hydrogens (primary N) is 1. The number of anilines is 1. The number of aliphatic hydroxyl groups is 4. The molecule has 3 aliphatic carbocycles. The molecular formula is C25H30N2O10. The van der Waals surface area contributed by atoms with Crippen LogP contribution in [0.4, 0.5) is 5.69 Å². The second-order valence-corrected chi connectivity index (χ2v) is 9.86. The van der Waals surface area contributed by atoms with Crippen LogP contribution in [0.2, 0.25) is 0 Å². The van der Waals surface area contributed by atoms with E-state index >= 15 is 0 Å². The van der Waals surface area contributed by atoms with Crippen molar-refractivity contribution in [3.63, 3.8) is 0 Å². The first-order valence-corrected chi connectivity index (χ1v) is 12.0. The van der Waals surface area contributed by atoms with Gasteiger partial charge in [-0.25, -0.2) is 4.79 Å². The molecule has 1 aromatic rings. The molecule has 200 valence electrons. The Morgan fingerprint density at radius 2 is 1.89 bits per heavy atom. The summed E-state index contributed by atoms with van der Waals surface area (Å²) in [6.07, 6.45) is -3.63. The predicted octanol–water partition coefficient (Wildman–Crippen LogP) is -0.516. The first-order valence-electron chi connectivity index (χ1n) is 12.0. The lowest BCUT2D eigenvalue weighted by atomic mass is 9.53. The zero-order valence-corrected chi connectivity index (χ0v) is 20.5. The molecule has 12 heteroatoms. The van der Waals surface area contributed by atoms with Gasteiger partial charge in [-0.2, -0.15) is 0 Å². The van der Waals surface area contributed by atoms with E-state index in [9.17, 15) is 44.7 Å². The fourth-order valence-electron chi connectivity index (χ4n) is 5.98. The van der Waals surface area contributed by atoms with Crippen LogP contribution in [0.25, 0.3) is 5.76 Å². The third kappa shape index (κ3) is 3.70. The fourth-order valence-corrected chi connectivity index (χ4v) is 5.98. The average molecular weight is 519 g/mol. The summed E-state index contributed by atoms with van der Waals surface area (Å²) in [5.41, 5.74) is 2.08. The number of esters is 1. The first-order chi connectivity index (χ1) is 17.3. The maximum Gasteiger partial charge on any atom is 0.328 e. The van der Waals surface area contributed by atoms with Gasteiger partial charge in [-0.3, -0.25) is 14.4 Å². The van der Waals surface area contributed by atoms with Crippen LogP contribution in [0.5, 0.6) is 5.75 Å². The number of benzene rings is 1. The number of fused-ring (bicyclic) bond motifs is 3. The fraction of sp³-hybridized carbons (Fsp3) is 0.520. The highest BCUT2D eigenvalue weighted by molar-refractivity contribution is 6.25. The molecule has 0 radical (unpaired) electrons. The van der Waals surface area contributed by atoms with Crippen LogP contribution in [-0.4, -0.2) is 79.4 Å². The molecule has 8 atom stereocenters. The third-order valence-corrected chi connectivity index (χ3v) is 7.83. The van der Waals surface area contributed by atoms with Crippen molar-refractivity contribution in [3.8, 4) is 5.75 Å². The summed E-state index contributed by atoms with van der Waals surface area (Å²) in [6, 6.07) is 2.15. The molecule has 2 saturated carbocycles. The topological polar surface area (TPSA) is 217 Å². The van der Waals surface area contributed by atoms with Crippen molar-refractivity contribution in [2.24, 2.45) is 23.5 Å². The summed E-state index contributed by atoms with van der Waals surface area (Å²) < 4.78 is 4.94. The number of carbonyl (C=O) groups excluding carboxylic acids is 4. The standard InChI is InChI=1S/C25H30N2O10/c1-4-37-24(35)9(3)27-12-6-5-10-8(2)14-17(20(31)15(10)19(12)30)22(33)25(36)11(18(14)29)7-13(28)16(21(25)32)23(26)34/h5-6,8-9,11,13-14,16,18,27-31,36H,4,7H2,1-3H3,(H2,26,34)/t8-,9?,11+,13?,14+,16?,18+,25+/m0/s1. The average Bonchev–Trinajstić information content (AvgIpc) is 2.82. The quantitative estimate of drug-likeness (QED) is 0.149. The molecule has 0 aromatic heterocycles. The number of carbonyl (C=O) groups is 4. The Morgan fingerprint density at radius 3 is 2.49 bits per heavy atom. The van der Waals surface area contributed by atoms with Crippen molar-refractivity contribution >= 4 is 34.9 Å². The monoisotopic (exact) mass is 518 g/mol. The summed E-state index contributed by atoms with van der Waals surface area (Å²) in [7, 11) is 0. The van der Waals surface area contributed by atoms with Gasteiger partial charge >= 0.3 is 5.97 Å². The van der Waals surface area contributed by atoms with Crippen LogP contribution in [0.15, 0.2) is 17.7 Å². The van der Waals surface area contributed by atoms with Crippen LogP contribution in [0.1, 0.15) is 44.2 Å². The van der Waals surface area contributed by atoms with E-state index in [0.717, 1.165) is 0 Å². The lowest BCUT2D eigenvalue weighted by Crippen LogP contribution is -2.70. The summed E-state index contributed by atoms with van der Waals surface area (Å²) >= 11 is 0. The molecule has 37 heavy (non-hydrogen) atoms. The smallest absolute Gasteiger partial charge is 0.328 e. The lowest BCUT2D eigenvalue weighted by molar-refractivity contribution is -0.186. The molecule has 0 aliphatic heterocycles. The van der Waals surface area contributed by atoms with Gasteiger partial charge in [0.15, 0.2) is 11.4 Å². The van der Waals surface area contributed by atoms with Crippen molar-refractivity contribution in [1.82, 2.24) is 0 Å².